The number of benzene rings is 2. The molecule has 0 saturated heterocycles. The maximum absolute atomic E-state index is 12.1. The molecule has 0 aliphatic rings. The second-order valence-corrected chi connectivity index (χ2v) is 6.49. The van der Waals surface area contributed by atoms with Crippen LogP contribution in [0.4, 0.5) is 0 Å². The number of rotatable bonds is 4. The number of carbonyl (C=O) groups is 2. The molecule has 2 aromatic rings. The van der Waals surface area contributed by atoms with Crippen molar-refractivity contribution in [3.8, 4) is 0 Å². The molecule has 0 heterocycles. The molecule has 1 amide bonds. The van der Waals surface area contributed by atoms with Gasteiger partial charge in [0.25, 0.3) is 5.91 Å². The molecule has 2 aromatic carbocycles. The van der Waals surface area contributed by atoms with Crippen molar-refractivity contribution in [2.24, 2.45) is 0 Å². The zero-order valence-electron chi connectivity index (χ0n) is 12.2. The SMILES string of the molecule is O=C(O)c1ccc(CNC(=S)NC(=O)c2cc(Br)ccc2Cl)cc1. The van der Waals surface area contributed by atoms with Crippen LogP contribution >= 0.6 is 39.7 Å². The minimum Gasteiger partial charge on any atom is -0.478 e. The first kappa shape index (κ1) is 18.4. The third-order valence-corrected chi connectivity index (χ3v) is 4.12. The molecule has 8 heteroatoms. The Bertz CT molecular complexity index is 796. The molecule has 0 aliphatic heterocycles. The number of thiocarbonyl (C=S) groups is 1. The van der Waals surface area contributed by atoms with E-state index in [0.29, 0.717) is 17.1 Å². The minimum absolute atomic E-state index is 0.151. The maximum Gasteiger partial charge on any atom is 0.335 e. The van der Waals surface area contributed by atoms with Crippen LogP contribution in [0, 0.1) is 0 Å². The van der Waals surface area contributed by atoms with E-state index >= 15 is 0 Å². The second kappa shape index (κ2) is 8.23. The highest BCUT2D eigenvalue weighted by molar-refractivity contribution is 9.10. The molecule has 0 spiro atoms. The largest absolute Gasteiger partial charge is 0.478 e. The molecule has 2 rings (SSSR count). The van der Waals surface area contributed by atoms with Gasteiger partial charge < -0.3 is 10.4 Å². The molecule has 0 aromatic heterocycles. The summed E-state index contributed by atoms with van der Waals surface area (Å²) in [5.41, 5.74) is 1.34. The molecule has 24 heavy (non-hydrogen) atoms. The lowest BCUT2D eigenvalue weighted by atomic mass is 10.1. The third-order valence-electron chi connectivity index (χ3n) is 3.05. The fourth-order valence-electron chi connectivity index (χ4n) is 1.83. The summed E-state index contributed by atoms with van der Waals surface area (Å²) in [6.07, 6.45) is 0. The van der Waals surface area contributed by atoms with E-state index in [0.717, 1.165) is 10.0 Å². The highest BCUT2D eigenvalue weighted by Gasteiger charge is 2.12. The number of hydrogen-bond acceptors (Lipinski definition) is 3. The number of carboxylic acid groups (broad SMARTS) is 1. The number of amides is 1. The summed E-state index contributed by atoms with van der Waals surface area (Å²) >= 11 is 14.4. The lowest BCUT2D eigenvalue weighted by Gasteiger charge is -2.11. The number of hydrogen-bond donors (Lipinski definition) is 3. The summed E-state index contributed by atoms with van der Waals surface area (Å²) in [4.78, 5) is 22.9. The van der Waals surface area contributed by atoms with Crippen molar-refractivity contribution in [2.75, 3.05) is 0 Å². The predicted octanol–water partition coefficient (Wildman–Crippen LogP) is 3.61. The summed E-state index contributed by atoms with van der Waals surface area (Å²) < 4.78 is 0.731. The molecule has 124 valence electrons. The lowest BCUT2D eigenvalue weighted by molar-refractivity contribution is 0.0696. The molecule has 0 unspecified atom stereocenters. The van der Waals surface area contributed by atoms with Crippen LogP contribution in [0.2, 0.25) is 5.02 Å². The van der Waals surface area contributed by atoms with Gasteiger partial charge in [0.1, 0.15) is 0 Å². The average Bonchev–Trinajstić information content (AvgIpc) is 2.55. The molecule has 3 N–H and O–H groups in total. The van der Waals surface area contributed by atoms with Gasteiger partial charge in [0.05, 0.1) is 16.1 Å². The number of carboxylic acids is 1. The first-order valence-corrected chi connectivity index (χ1v) is 8.31. The van der Waals surface area contributed by atoms with Gasteiger partial charge in [0, 0.05) is 11.0 Å². The van der Waals surface area contributed by atoms with E-state index < -0.39 is 11.9 Å². The van der Waals surface area contributed by atoms with E-state index in [1.807, 2.05) is 0 Å². The standard InChI is InChI=1S/C16H12BrClN2O3S/c17-11-5-6-13(18)12(7-11)14(21)20-16(24)19-8-9-1-3-10(4-2-9)15(22)23/h1-7H,8H2,(H,22,23)(H2,19,20,21,24). The van der Waals surface area contributed by atoms with Crippen LogP contribution in [0.25, 0.3) is 0 Å². The van der Waals surface area contributed by atoms with Gasteiger partial charge in [-0.15, -0.1) is 0 Å². The summed E-state index contributed by atoms with van der Waals surface area (Å²) in [6.45, 7) is 0.352. The first-order chi connectivity index (χ1) is 11.4. The molecule has 0 fully saturated rings. The molecule has 0 atom stereocenters. The summed E-state index contributed by atoms with van der Waals surface area (Å²) in [6, 6.07) is 11.3. The fourth-order valence-corrected chi connectivity index (χ4v) is 2.56. The van der Waals surface area contributed by atoms with Crippen LogP contribution in [0.1, 0.15) is 26.3 Å². The normalized spacial score (nSPS) is 10.1. The van der Waals surface area contributed by atoms with Crippen LogP contribution in [-0.4, -0.2) is 22.1 Å². The fraction of sp³-hybridized carbons (Fsp3) is 0.0625. The van der Waals surface area contributed by atoms with Gasteiger partial charge in [0.2, 0.25) is 0 Å². The summed E-state index contributed by atoms with van der Waals surface area (Å²) in [5, 5.41) is 14.7. The van der Waals surface area contributed by atoms with Crippen molar-refractivity contribution in [3.63, 3.8) is 0 Å². The quantitative estimate of drug-likeness (QED) is 0.650. The molecule has 5 nitrogen and oxygen atoms in total. The van der Waals surface area contributed by atoms with Gasteiger partial charge in [-0.25, -0.2) is 4.79 Å². The van der Waals surface area contributed by atoms with Gasteiger partial charge in [-0.1, -0.05) is 39.7 Å². The van der Waals surface area contributed by atoms with Crippen molar-refractivity contribution in [1.29, 1.82) is 0 Å². The van der Waals surface area contributed by atoms with Crippen LogP contribution in [-0.2, 0) is 6.54 Å². The van der Waals surface area contributed by atoms with E-state index in [-0.39, 0.29) is 10.7 Å². The highest BCUT2D eigenvalue weighted by Crippen LogP contribution is 2.20. The molecule has 0 bridgehead atoms. The number of halogens is 2. The van der Waals surface area contributed by atoms with Crippen molar-refractivity contribution >= 4 is 56.7 Å². The second-order valence-electron chi connectivity index (χ2n) is 4.76. The Balaban J connectivity index is 1.92. The Morgan fingerprint density at radius 1 is 1.17 bits per heavy atom. The van der Waals surface area contributed by atoms with Crippen molar-refractivity contribution in [1.82, 2.24) is 10.6 Å². The van der Waals surface area contributed by atoms with Crippen LogP contribution < -0.4 is 10.6 Å². The van der Waals surface area contributed by atoms with Crippen molar-refractivity contribution < 1.29 is 14.7 Å². The molecule has 0 aliphatic carbocycles. The van der Waals surface area contributed by atoms with E-state index in [2.05, 4.69) is 26.6 Å². The van der Waals surface area contributed by atoms with Crippen LogP contribution in [0.3, 0.4) is 0 Å². The van der Waals surface area contributed by atoms with Gasteiger partial charge >= 0.3 is 5.97 Å². The molecule has 0 radical (unpaired) electrons. The number of carbonyl (C=O) groups excluding carboxylic acids is 1. The number of aromatic carboxylic acids is 1. The Morgan fingerprint density at radius 2 is 1.83 bits per heavy atom. The van der Waals surface area contributed by atoms with Crippen molar-refractivity contribution in [3.05, 3.63) is 68.7 Å². The Morgan fingerprint density at radius 3 is 2.46 bits per heavy atom. The lowest BCUT2D eigenvalue weighted by Crippen LogP contribution is -2.39. The Kier molecular flexibility index (Phi) is 6.30. The minimum atomic E-state index is -0.983. The zero-order chi connectivity index (χ0) is 17.7. The van der Waals surface area contributed by atoms with E-state index in [1.165, 1.54) is 12.1 Å². The highest BCUT2D eigenvalue weighted by atomic mass is 79.9. The van der Waals surface area contributed by atoms with Gasteiger partial charge in [-0.2, -0.15) is 0 Å². The third kappa shape index (κ3) is 5.02. The Labute approximate surface area is 157 Å². The topological polar surface area (TPSA) is 78.4 Å². The first-order valence-electron chi connectivity index (χ1n) is 6.73. The van der Waals surface area contributed by atoms with Gasteiger partial charge in [-0.05, 0) is 48.1 Å². The van der Waals surface area contributed by atoms with E-state index in [9.17, 15) is 9.59 Å². The summed E-state index contributed by atoms with van der Waals surface area (Å²) in [5.74, 6) is -1.40. The van der Waals surface area contributed by atoms with Gasteiger partial charge in [0.15, 0.2) is 5.11 Å². The predicted molar refractivity (Wildman–Crippen MR) is 99.5 cm³/mol. The molecular formula is C16H12BrClN2O3S. The molecule has 0 saturated carbocycles. The van der Waals surface area contributed by atoms with E-state index in [4.69, 9.17) is 28.9 Å². The van der Waals surface area contributed by atoms with Crippen LogP contribution in [0.15, 0.2) is 46.9 Å². The smallest absolute Gasteiger partial charge is 0.335 e. The summed E-state index contributed by atoms with van der Waals surface area (Å²) in [7, 11) is 0. The Hall–Kier alpha value is -1.96. The maximum atomic E-state index is 12.1. The number of nitrogens with one attached hydrogen (secondary N) is 2. The molecular weight excluding hydrogens is 416 g/mol. The monoisotopic (exact) mass is 426 g/mol. The zero-order valence-corrected chi connectivity index (χ0v) is 15.3. The van der Waals surface area contributed by atoms with Crippen LogP contribution in [0.5, 0.6) is 0 Å². The van der Waals surface area contributed by atoms with Crippen molar-refractivity contribution in [2.45, 2.75) is 6.54 Å². The van der Waals surface area contributed by atoms with Gasteiger partial charge in [-0.3, -0.25) is 10.1 Å². The van der Waals surface area contributed by atoms with E-state index in [1.54, 1.807) is 30.3 Å². The average molecular weight is 428 g/mol.